The third kappa shape index (κ3) is 3.91. The number of aromatic nitrogens is 1. The highest BCUT2D eigenvalue weighted by molar-refractivity contribution is 7.97. The predicted octanol–water partition coefficient (Wildman–Crippen LogP) is 3.53. The Morgan fingerprint density at radius 3 is 2.81 bits per heavy atom. The Hall–Kier alpha value is -1.69. The predicted molar refractivity (Wildman–Crippen MR) is 82.3 cm³/mol. The summed E-state index contributed by atoms with van der Waals surface area (Å²) >= 11 is 1.66. The maximum atomic E-state index is 12.3. The largest absolute Gasteiger partial charge is 0.455 e. The highest BCUT2D eigenvalue weighted by atomic mass is 32.2. The lowest BCUT2D eigenvalue weighted by Crippen LogP contribution is -2.25. The van der Waals surface area contributed by atoms with E-state index in [4.69, 9.17) is 8.94 Å². The Balaban J connectivity index is 2.00. The number of nitrogens with zero attached hydrogens (tertiary/aromatic N) is 2. The summed E-state index contributed by atoms with van der Waals surface area (Å²) in [5.74, 6) is 2.88. The van der Waals surface area contributed by atoms with Gasteiger partial charge >= 0.3 is 0 Å². The molecule has 1 amide bonds. The van der Waals surface area contributed by atoms with Crippen LogP contribution in [0.15, 0.2) is 27.1 Å². The maximum Gasteiger partial charge on any atom is 0.289 e. The van der Waals surface area contributed by atoms with Crippen molar-refractivity contribution < 1.29 is 13.7 Å². The molecular formula is C15H20N2O3S. The summed E-state index contributed by atoms with van der Waals surface area (Å²) in [5.41, 5.74) is 0.741. The Morgan fingerprint density at radius 2 is 2.19 bits per heavy atom. The van der Waals surface area contributed by atoms with Gasteiger partial charge in [0.1, 0.15) is 17.2 Å². The molecule has 0 fully saturated rings. The fourth-order valence-electron chi connectivity index (χ4n) is 1.89. The third-order valence-electron chi connectivity index (χ3n) is 3.05. The number of carbonyl (C=O) groups is 1. The van der Waals surface area contributed by atoms with Crippen molar-refractivity contribution in [2.24, 2.45) is 0 Å². The van der Waals surface area contributed by atoms with Crippen LogP contribution in [0.1, 0.15) is 47.5 Å². The number of amides is 1. The van der Waals surface area contributed by atoms with Crippen molar-refractivity contribution in [3.05, 3.63) is 41.2 Å². The van der Waals surface area contributed by atoms with Gasteiger partial charge in [0.2, 0.25) is 0 Å². The van der Waals surface area contributed by atoms with Crippen LogP contribution >= 0.6 is 11.8 Å². The van der Waals surface area contributed by atoms with Crippen LogP contribution in [0.3, 0.4) is 0 Å². The van der Waals surface area contributed by atoms with Crippen molar-refractivity contribution >= 4 is 17.7 Å². The van der Waals surface area contributed by atoms with Crippen LogP contribution in [0, 0.1) is 0 Å². The zero-order valence-electron chi connectivity index (χ0n) is 12.8. The van der Waals surface area contributed by atoms with Crippen molar-refractivity contribution in [3.63, 3.8) is 0 Å². The highest BCUT2D eigenvalue weighted by Crippen LogP contribution is 2.18. The lowest BCUT2D eigenvalue weighted by atomic mass is 10.1. The summed E-state index contributed by atoms with van der Waals surface area (Å²) in [6.07, 6.45) is 1.99. The Bertz CT molecular complexity index is 604. The molecule has 0 aliphatic heterocycles. The molecule has 0 aliphatic carbocycles. The summed E-state index contributed by atoms with van der Waals surface area (Å²) in [7, 11) is 1.73. The van der Waals surface area contributed by atoms with Crippen LogP contribution in [-0.4, -0.2) is 29.3 Å². The fraction of sp³-hybridized carbons (Fsp3) is 0.467. The summed E-state index contributed by atoms with van der Waals surface area (Å²) in [6, 6.07) is 5.44. The SMILES string of the molecule is CSCc1ccc(C(=O)N(C)Cc2cc(C(C)C)on2)o1. The molecule has 0 aromatic carbocycles. The molecule has 6 heteroatoms. The van der Waals surface area contributed by atoms with E-state index in [1.807, 2.05) is 32.2 Å². The average Bonchev–Trinajstić information content (AvgIpc) is 3.07. The van der Waals surface area contributed by atoms with Gasteiger partial charge in [0.15, 0.2) is 5.76 Å². The highest BCUT2D eigenvalue weighted by Gasteiger charge is 2.18. The number of rotatable bonds is 6. The molecule has 0 bridgehead atoms. The second-order valence-corrected chi connectivity index (χ2v) is 6.10. The molecule has 0 atom stereocenters. The number of furan rings is 1. The van der Waals surface area contributed by atoms with E-state index in [1.54, 1.807) is 29.8 Å². The molecule has 2 rings (SSSR count). The summed E-state index contributed by atoms with van der Waals surface area (Å²) in [4.78, 5) is 13.8. The number of thioether (sulfide) groups is 1. The Labute approximate surface area is 128 Å². The molecule has 0 aliphatic rings. The lowest BCUT2D eigenvalue weighted by molar-refractivity contribution is 0.0749. The van der Waals surface area contributed by atoms with Gasteiger partial charge in [-0.15, -0.1) is 0 Å². The van der Waals surface area contributed by atoms with E-state index in [2.05, 4.69) is 5.16 Å². The summed E-state index contributed by atoms with van der Waals surface area (Å²) < 4.78 is 10.8. The van der Waals surface area contributed by atoms with E-state index in [9.17, 15) is 4.79 Å². The molecule has 0 unspecified atom stereocenters. The van der Waals surface area contributed by atoms with Gasteiger partial charge in [-0.1, -0.05) is 19.0 Å². The van der Waals surface area contributed by atoms with E-state index < -0.39 is 0 Å². The van der Waals surface area contributed by atoms with E-state index in [0.29, 0.717) is 12.3 Å². The van der Waals surface area contributed by atoms with E-state index in [0.717, 1.165) is 23.0 Å². The first-order chi connectivity index (χ1) is 10.0. The van der Waals surface area contributed by atoms with Crippen LogP contribution in [0.4, 0.5) is 0 Å². The molecule has 2 aromatic rings. The second kappa shape index (κ2) is 6.85. The van der Waals surface area contributed by atoms with Crippen LogP contribution in [0.2, 0.25) is 0 Å². The lowest BCUT2D eigenvalue weighted by Gasteiger charge is -2.13. The third-order valence-corrected chi connectivity index (χ3v) is 3.62. The van der Waals surface area contributed by atoms with Crippen molar-refractivity contribution in [2.75, 3.05) is 13.3 Å². The summed E-state index contributed by atoms with van der Waals surface area (Å²) in [6.45, 7) is 4.47. The zero-order chi connectivity index (χ0) is 15.4. The Morgan fingerprint density at radius 1 is 1.43 bits per heavy atom. The van der Waals surface area contributed by atoms with Crippen LogP contribution in [-0.2, 0) is 12.3 Å². The first kappa shape index (κ1) is 15.7. The quantitative estimate of drug-likeness (QED) is 0.817. The van der Waals surface area contributed by atoms with Gasteiger partial charge in [-0.25, -0.2) is 0 Å². The molecule has 0 N–H and O–H groups in total. The number of hydrogen-bond donors (Lipinski definition) is 0. The standard InChI is InChI=1S/C15H20N2O3S/c1-10(2)14-7-11(16-20-14)8-17(3)15(18)13-6-5-12(19-13)9-21-4/h5-7,10H,8-9H2,1-4H3. The molecular weight excluding hydrogens is 288 g/mol. The molecule has 0 saturated carbocycles. The van der Waals surface area contributed by atoms with Gasteiger partial charge in [0, 0.05) is 19.0 Å². The summed E-state index contributed by atoms with van der Waals surface area (Å²) in [5, 5.41) is 3.99. The van der Waals surface area contributed by atoms with Gasteiger partial charge in [0.05, 0.1) is 12.3 Å². The second-order valence-electron chi connectivity index (χ2n) is 5.24. The Kier molecular flexibility index (Phi) is 5.12. The molecule has 0 saturated heterocycles. The topological polar surface area (TPSA) is 59.5 Å². The zero-order valence-corrected chi connectivity index (χ0v) is 13.6. The van der Waals surface area contributed by atoms with Crippen molar-refractivity contribution in [1.29, 1.82) is 0 Å². The van der Waals surface area contributed by atoms with E-state index in [-0.39, 0.29) is 11.8 Å². The van der Waals surface area contributed by atoms with Crippen molar-refractivity contribution in [2.45, 2.75) is 32.1 Å². The minimum absolute atomic E-state index is 0.156. The van der Waals surface area contributed by atoms with E-state index in [1.165, 1.54) is 0 Å². The first-order valence-corrected chi connectivity index (χ1v) is 8.19. The first-order valence-electron chi connectivity index (χ1n) is 6.80. The minimum Gasteiger partial charge on any atom is -0.455 e. The van der Waals surface area contributed by atoms with Crippen LogP contribution in [0.25, 0.3) is 0 Å². The van der Waals surface area contributed by atoms with Gasteiger partial charge in [-0.3, -0.25) is 4.79 Å². The smallest absolute Gasteiger partial charge is 0.289 e. The van der Waals surface area contributed by atoms with Gasteiger partial charge in [-0.2, -0.15) is 11.8 Å². The fourth-order valence-corrected chi connectivity index (χ4v) is 2.33. The van der Waals surface area contributed by atoms with Crippen molar-refractivity contribution in [3.8, 4) is 0 Å². The van der Waals surface area contributed by atoms with Gasteiger partial charge in [0.25, 0.3) is 5.91 Å². The van der Waals surface area contributed by atoms with Gasteiger partial charge in [-0.05, 0) is 18.4 Å². The monoisotopic (exact) mass is 308 g/mol. The molecule has 0 radical (unpaired) electrons. The van der Waals surface area contributed by atoms with Gasteiger partial charge < -0.3 is 13.8 Å². The molecule has 114 valence electrons. The number of carbonyl (C=O) groups excluding carboxylic acids is 1. The molecule has 0 spiro atoms. The molecule has 2 aromatic heterocycles. The molecule has 5 nitrogen and oxygen atoms in total. The molecule has 2 heterocycles. The number of hydrogen-bond acceptors (Lipinski definition) is 5. The minimum atomic E-state index is -0.156. The van der Waals surface area contributed by atoms with Crippen LogP contribution < -0.4 is 0 Å². The maximum absolute atomic E-state index is 12.3. The normalized spacial score (nSPS) is 11.1. The van der Waals surface area contributed by atoms with Crippen molar-refractivity contribution in [1.82, 2.24) is 10.1 Å². The van der Waals surface area contributed by atoms with E-state index >= 15 is 0 Å². The average molecular weight is 308 g/mol. The molecule has 21 heavy (non-hydrogen) atoms. The van der Waals surface area contributed by atoms with Crippen LogP contribution in [0.5, 0.6) is 0 Å².